The highest BCUT2D eigenvalue weighted by molar-refractivity contribution is 5.75. The van der Waals surface area contributed by atoms with Crippen LogP contribution in [-0.4, -0.2) is 59.1 Å². The van der Waals surface area contributed by atoms with E-state index in [9.17, 15) is 0 Å². The van der Waals surface area contributed by atoms with E-state index in [1.807, 2.05) is 12.3 Å². The van der Waals surface area contributed by atoms with Gasteiger partial charge in [-0.1, -0.05) is 0 Å². The smallest absolute Gasteiger partial charge is 0.0880 e. The van der Waals surface area contributed by atoms with Gasteiger partial charge < -0.3 is 9.47 Å². The number of aromatic nitrogens is 2. The highest BCUT2D eigenvalue weighted by Gasteiger charge is 2.13. The predicted octanol–water partition coefficient (Wildman–Crippen LogP) is 1.28. The summed E-state index contributed by atoms with van der Waals surface area (Å²) in [6.07, 6.45) is 4.00. The Morgan fingerprint density at radius 2 is 1.94 bits per heavy atom. The monoisotopic (exact) mass is 244 g/mol. The van der Waals surface area contributed by atoms with Gasteiger partial charge in [0.05, 0.1) is 11.0 Å². The van der Waals surface area contributed by atoms with Crippen molar-refractivity contribution in [3.63, 3.8) is 0 Å². The van der Waals surface area contributed by atoms with Crippen LogP contribution in [0.1, 0.15) is 0 Å². The zero-order valence-corrected chi connectivity index (χ0v) is 10.9. The summed E-state index contributed by atoms with van der Waals surface area (Å²) >= 11 is 0. The van der Waals surface area contributed by atoms with Gasteiger partial charge in [0.15, 0.2) is 0 Å². The molecule has 0 N–H and O–H groups in total. The fraction of sp³-hybridized carbons (Fsp3) is 0.500. The summed E-state index contributed by atoms with van der Waals surface area (Å²) in [6.45, 7) is 6.94. The first kappa shape index (κ1) is 11.7. The van der Waals surface area contributed by atoms with Crippen LogP contribution in [-0.2, 0) is 6.54 Å². The Labute approximate surface area is 108 Å². The molecule has 96 valence electrons. The first-order valence-corrected chi connectivity index (χ1v) is 6.64. The topological polar surface area (TPSA) is 24.3 Å². The van der Waals surface area contributed by atoms with E-state index in [-0.39, 0.29) is 0 Å². The first-order chi connectivity index (χ1) is 8.83. The summed E-state index contributed by atoms with van der Waals surface area (Å²) < 4.78 is 2.31. The molecule has 0 atom stereocenters. The number of nitrogens with zero attached hydrogens (tertiary/aromatic N) is 4. The molecule has 1 aliphatic heterocycles. The summed E-state index contributed by atoms with van der Waals surface area (Å²) in [5, 5.41) is 0. The maximum Gasteiger partial charge on any atom is 0.0880 e. The number of fused-ring (bicyclic) bond motifs is 1. The Morgan fingerprint density at radius 3 is 2.78 bits per heavy atom. The molecule has 0 radical (unpaired) electrons. The molecule has 0 aromatic carbocycles. The van der Waals surface area contributed by atoms with Gasteiger partial charge in [0.25, 0.3) is 0 Å². The van der Waals surface area contributed by atoms with Crippen molar-refractivity contribution < 1.29 is 0 Å². The lowest BCUT2D eigenvalue weighted by Gasteiger charge is -2.32. The van der Waals surface area contributed by atoms with Crippen LogP contribution in [0.25, 0.3) is 11.0 Å². The second-order valence-electron chi connectivity index (χ2n) is 5.06. The predicted molar refractivity (Wildman–Crippen MR) is 73.7 cm³/mol. The molecule has 0 spiro atoms. The van der Waals surface area contributed by atoms with E-state index in [0.29, 0.717) is 0 Å². The van der Waals surface area contributed by atoms with Gasteiger partial charge >= 0.3 is 0 Å². The normalized spacial score (nSPS) is 18.5. The molecule has 0 amide bonds. The molecule has 2 aromatic rings. The molecule has 4 heteroatoms. The average Bonchev–Trinajstić information content (AvgIpc) is 2.82. The highest BCUT2D eigenvalue weighted by Crippen LogP contribution is 2.12. The van der Waals surface area contributed by atoms with E-state index in [2.05, 4.69) is 44.7 Å². The number of hydrogen-bond donors (Lipinski definition) is 0. The molecule has 1 saturated heterocycles. The number of rotatable bonds is 3. The molecule has 2 aromatic heterocycles. The van der Waals surface area contributed by atoms with Crippen LogP contribution in [0.15, 0.2) is 30.6 Å². The van der Waals surface area contributed by atoms with E-state index in [1.54, 1.807) is 0 Å². The van der Waals surface area contributed by atoms with Crippen LogP contribution >= 0.6 is 0 Å². The van der Waals surface area contributed by atoms with Gasteiger partial charge in [-0.15, -0.1) is 0 Å². The third-order valence-corrected chi connectivity index (χ3v) is 3.79. The van der Waals surface area contributed by atoms with Gasteiger partial charge in [0, 0.05) is 51.7 Å². The van der Waals surface area contributed by atoms with Crippen molar-refractivity contribution in [2.75, 3.05) is 39.8 Å². The first-order valence-electron chi connectivity index (χ1n) is 6.64. The van der Waals surface area contributed by atoms with Crippen LogP contribution in [0.3, 0.4) is 0 Å². The van der Waals surface area contributed by atoms with Crippen molar-refractivity contribution in [2.45, 2.75) is 6.54 Å². The van der Waals surface area contributed by atoms with Crippen LogP contribution in [0.2, 0.25) is 0 Å². The maximum atomic E-state index is 4.37. The number of likely N-dealkylation sites (N-methyl/N-ethyl adjacent to an activating group) is 1. The van der Waals surface area contributed by atoms with Crippen LogP contribution in [0, 0.1) is 0 Å². The van der Waals surface area contributed by atoms with Crippen molar-refractivity contribution in [1.29, 1.82) is 0 Å². The van der Waals surface area contributed by atoms with Crippen molar-refractivity contribution in [3.05, 3.63) is 30.6 Å². The van der Waals surface area contributed by atoms with Gasteiger partial charge in [0.2, 0.25) is 0 Å². The summed E-state index contributed by atoms with van der Waals surface area (Å²) in [7, 11) is 2.20. The summed E-state index contributed by atoms with van der Waals surface area (Å²) in [5.74, 6) is 0. The Kier molecular flexibility index (Phi) is 3.30. The SMILES string of the molecule is CN1CCN(CCn2ccc3ncccc32)CC1. The summed E-state index contributed by atoms with van der Waals surface area (Å²) in [5.41, 5.74) is 2.34. The molecular weight excluding hydrogens is 224 g/mol. The molecule has 18 heavy (non-hydrogen) atoms. The minimum absolute atomic E-state index is 1.05. The van der Waals surface area contributed by atoms with Gasteiger partial charge in [-0.05, 0) is 25.2 Å². The highest BCUT2D eigenvalue weighted by atomic mass is 15.2. The van der Waals surface area contributed by atoms with Crippen molar-refractivity contribution in [3.8, 4) is 0 Å². The van der Waals surface area contributed by atoms with Gasteiger partial charge in [-0.25, -0.2) is 0 Å². The standard InChI is InChI=1S/C14H20N4/c1-16-7-9-17(10-8-16)11-12-18-6-4-13-14(18)3-2-5-15-13/h2-6H,7-12H2,1H3. The van der Waals surface area contributed by atoms with Crippen molar-refractivity contribution in [2.24, 2.45) is 0 Å². The van der Waals surface area contributed by atoms with E-state index < -0.39 is 0 Å². The Bertz CT molecular complexity index is 511. The minimum Gasteiger partial charge on any atom is -0.345 e. The fourth-order valence-corrected chi connectivity index (χ4v) is 2.54. The fourth-order valence-electron chi connectivity index (χ4n) is 2.54. The quantitative estimate of drug-likeness (QED) is 0.813. The largest absolute Gasteiger partial charge is 0.345 e. The molecular formula is C14H20N4. The molecule has 0 bridgehead atoms. The van der Waals surface area contributed by atoms with E-state index >= 15 is 0 Å². The molecule has 4 nitrogen and oxygen atoms in total. The van der Waals surface area contributed by atoms with Gasteiger partial charge in [-0.2, -0.15) is 0 Å². The lowest BCUT2D eigenvalue weighted by atomic mass is 10.3. The van der Waals surface area contributed by atoms with Crippen LogP contribution in [0.4, 0.5) is 0 Å². The molecule has 3 heterocycles. The molecule has 3 rings (SSSR count). The third kappa shape index (κ3) is 2.40. The van der Waals surface area contributed by atoms with Gasteiger partial charge in [-0.3, -0.25) is 9.88 Å². The molecule has 0 aliphatic carbocycles. The van der Waals surface area contributed by atoms with E-state index in [4.69, 9.17) is 0 Å². The molecule has 0 saturated carbocycles. The number of piperazine rings is 1. The average molecular weight is 244 g/mol. The zero-order chi connectivity index (χ0) is 12.4. The molecule has 1 fully saturated rings. The van der Waals surface area contributed by atoms with Gasteiger partial charge in [0.1, 0.15) is 0 Å². The summed E-state index contributed by atoms with van der Waals surface area (Å²) in [6, 6.07) is 6.25. The Hall–Kier alpha value is -1.39. The van der Waals surface area contributed by atoms with Crippen LogP contribution < -0.4 is 0 Å². The van der Waals surface area contributed by atoms with Crippen molar-refractivity contribution in [1.82, 2.24) is 19.4 Å². The lowest BCUT2D eigenvalue weighted by Crippen LogP contribution is -2.45. The van der Waals surface area contributed by atoms with Crippen molar-refractivity contribution >= 4 is 11.0 Å². The second-order valence-corrected chi connectivity index (χ2v) is 5.06. The van der Waals surface area contributed by atoms with E-state index in [1.165, 1.54) is 31.7 Å². The lowest BCUT2D eigenvalue weighted by molar-refractivity contribution is 0.150. The summed E-state index contributed by atoms with van der Waals surface area (Å²) in [4.78, 5) is 9.30. The molecule has 1 aliphatic rings. The van der Waals surface area contributed by atoms with E-state index in [0.717, 1.165) is 18.6 Å². The Morgan fingerprint density at radius 1 is 1.11 bits per heavy atom. The maximum absolute atomic E-state index is 4.37. The molecule has 0 unspecified atom stereocenters. The minimum atomic E-state index is 1.05. The third-order valence-electron chi connectivity index (χ3n) is 3.79. The second kappa shape index (κ2) is 5.08. The Balaban J connectivity index is 1.63. The zero-order valence-electron chi connectivity index (χ0n) is 10.9. The number of pyridine rings is 1. The van der Waals surface area contributed by atoms with Crippen LogP contribution in [0.5, 0.6) is 0 Å². The number of hydrogen-bond acceptors (Lipinski definition) is 3.